The molecule has 14 heavy (non-hydrogen) atoms. The van der Waals surface area contributed by atoms with Crippen LogP contribution in [0.4, 0.5) is 0 Å². The lowest BCUT2D eigenvalue weighted by atomic mass is 9.92. The molecule has 1 atom stereocenters. The molecule has 1 aliphatic heterocycles. The van der Waals surface area contributed by atoms with Gasteiger partial charge in [-0.1, -0.05) is 24.6 Å². The van der Waals surface area contributed by atoms with E-state index in [0.717, 1.165) is 24.5 Å². The number of benzene rings is 1. The third-order valence-electron chi connectivity index (χ3n) is 2.99. The van der Waals surface area contributed by atoms with E-state index in [2.05, 4.69) is 24.4 Å². The first-order valence-corrected chi connectivity index (χ1v) is 5.68. The Kier molecular flexibility index (Phi) is 3.09. The van der Waals surface area contributed by atoms with Crippen molar-refractivity contribution >= 4 is 11.6 Å². The number of nitrogens with one attached hydrogen (secondary N) is 1. The van der Waals surface area contributed by atoms with Crippen molar-refractivity contribution in [1.29, 1.82) is 0 Å². The predicted molar refractivity (Wildman–Crippen MR) is 61.1 cm³/mol. The Bertz CT molecular complexity index is 316. The van der Waals surface area contributed by atoms with Gasteiger partial charge in [-0.3, -0.25) is 0 Å². The zero-order valence-electron chi connectivity index (χ0n) is 8.52. The van der Waals surface area contributed by atoms with Crippen molar-refractivity contribution in [2.24, 2.45) is 0 Å². The molecule has 1 fully saturated rings. The van der Waals surface area contributed by atoms with E-state index in [4.69, 9.17) is 11.6 Å². The van der Waals surface area contributed by atoms with Gasteiger partial charge in [-0.05, 0) is 48.6 Å². The van der Waals surface area contributed by atoms with E-state index in [1.54, 1.807) is 0 Å². The summed E-state index contributed by atoms with van der Waals surface area (Å²) in [6.07, 6.45) is 2.33. The van der Waals surface area contributed by atoms with E-state index in [1.165, 1.54) is 17.5 Å². The van der Waals surface area contributed by atoms with Crippen molar-refractivity contribution in [3.8, 4) is 0 Å². The minimum atomic E-state index is 0.696. The van der Waals surface area contributed by atoms with E-state index in [0.29, 0.717) is 5.92 Å². The minimum absolute atomic E-state index is 0.696. The average molecular weight is 210 g/mol. The normalized spacial score (nSPS) is 21.4. The van der Waals surface area contributed by atoms with Gasteiger partial charge in [0.2, 0.25) is 0 Å². The molecule has 76 valence electrons. The van der Waals surface area contributed by atoms with Crippen LogP contribution in [0.2, 0.25) is 5.02 Å². The second-order valence-electron chi connectivity index (χ2n) is 3.89. The van der Waals surface area contributed by atoms with Crippen LogP contribution in [0, 0.1) is 0 Å². The zero-order chi connectivity index (χ0) is 9.97. The molecule has 1 aromatic rings. The molecule has 1 nitrogen and oxygen atoms in total. The van der Waals surface area contributed by atoms with Crippen molar-refractivity contribution in [2.45, 2.75) is 25.7 Å². The largest absolute Gasteiger partial charge is 0.316 e. The Morgan fingerprint density at radius 1 is 1.50 bits per heavy atom. The standard InChI is InChI=1S/C12H16ClN/c1-2-9-7-11(13)3-4-12(9)10-5-6-14-8-10/h3-4,7,10,14H,2,5-6,8H2,1H3/t10-/m1/s1. The Labute approximate surface area is 90.5 Å². The van der Waals surface area contributed by atoms with Crippen molar-refractivity contribution in [3.05, 3.63) is 34.3 Å². The lowest BCUT2D eigenvalue weighted by molar-refractivity contribution is 0.751. The molecule has 1 heterocycles. The Morgan fingerprint density at radius 3 is 3.00 bits per heavy atom. The summed E-state index contributed by atoms with van der Waals surface area (Å²) in [5, 5.41) is 4.26. The monoisotopic (exact) mass is 209 g/mol. The number of rotatable bonds is 2. The number of hydrogen-bond donors (Lipinski definition) is 1. The molecule has 0 aromatic heterocycles. The van der Waals surface area contributed by atoms with E-state index >= 15 is 0 Å². The molecular formula is C12H16ClN. The summed E-state index contributed by atoms with van der Waals surface area (Å²) in [6, 6.07) is 6.31. The number of halogens is 1. The summed E-state index contributed by atoms with van der Waals surface area (Å²) in [7, 11) is 0. The molecule has 0 radical (unpaired) electrons. The minimum Gasteiger partial charge on any atom is -0.316 e. The lowest BCUT2D eigenvalue weighted by Gasteiger charge is -2.13. The van der Waals surface area contributed by atoms with Crippen LogP contribution in [0.25, 0.3) is 0 Å². The van der Waals surface area contributed by atoms with Gasteiger partial charge >= 0.3 is 0 Å². The molecule has 1 aromatic carbocycles. The predicted octanol–water partition coefficient (Wildman–Crippen LogP) is 2.98. The molecule has 0 unspecified atom stereocenters. The second kappa shape index (κ2) is 4.33. The van der Waals surface area contributed by atoms with E-state index < -0.39 is 0 Å². The summed E-state index contributed by atoms with van der Waals surface area (Å²) in [5.41, 5.74) is 2.90. The Morgan fingerprint density at radius 2 is 2.36 bits per heavy atom. The Hall–Kier alpha value is -0.530. The van der Waals surface area contributed by atoms with Crippen LogP contribution in [0.5, 0.6) is 0 Å². The van der Waals surface area contributed by atoms with Gasteiger partial charge in [0.1, 0.15) is 0 Å². The smallest absolute Gasteiger partial charge is 0.0408 e. The zero-order valence-corrected chi connectivity index (χ0v) is 9.27. The average Bonchev–Trinajstić information content (AvgIpc) is 2.70. The SMILES string of the molecule is CCc1cc(Cl)ccc1[C@@H]1CCNC1. The number of hydrogen-bond acceptors (Lipinski definition) is 1. The van der Waals surface area contributed by atoms with E-state index in [-0.39, 0.29) is 0 Å². The summed E-state index contributed by atoms with van der Waals surface area (Å²) < 4.78 is 0. The third kappa shape index (κ3) is 1.94. The summed E-state index contributed by atoms with van der Waals surface area (Å²) >= 11 is 5.99. The third-order valence-corrected chi connectivity index (χ3v) is 3.22. The van der Waals surface area contributed by atoms with Gasteiger partial charge in [0.15, 0.2) is 0 Å². The summed E-state index contributed by atoms with van der Waals surface area (Å²) in [4.78, 5) is 0. The maximum atomic E-state index is 5.99. The second-order valence-corrected chi connectivity index (χ2v) is 4.32. The molecule has 1 N–H and O–H groups in total. The van der Waals surface area contributed by atoms with Gasteiger partial charge in [0, 0.05) is 11.6 Å². The maximum absolute atomic E-state index is 5.99. The van der Waals surface area contributed by atoms with Gasteiger partial charge in [-0.2, -0.15) is 0 Å². The van der Waals surface area contributed by atoms with Crippen molar-refractivity contribution in [2.75, 3.05) is 13.1 Å². The molecule has 0 amide bonds. The molecule has 0 aliphatic carbocycles. The van der Waals surface area contributed by atoms with Crippen molar-refractivity contribution < 1.29 is 0 Å². The van der Waals surface area contributed by atoms with Crippen LogP contribution in [0.1, 0.15) is 30.4 Å². The highest BCUT2D eigenvalue weighted by atomic mass is 35.5. The summed E-state index contributed by atoms with van der Waals surface area (Å²) in [5.74, 6) is 0.696. The molecule has 2 rings (SSSR count). The van der Waals surface area contributed by atoms with Crippen LogP contribution < -0.4 is 5.32 Å². The summed E-state index contributed by atoms with van der Waals surface area (Å²) in [6.45, 7) is 4.46. The van der Waals surface area contributed by atoms with Crippen LogP contribution in [0.3, 0.4) is 0 Å². The fraction of sp³-hybridized carbons (Fsp3) is 0.500. The van der Waals surface area contributed by atoms with Crippen molar-refractivity contribution in [3.63, 3.8) is 0 Å². The van der Waals surface area contributed by atoms with Crippen LogP contribution in [-0.4, -0.2) is 13.1 Å². The fourth-order valence-electron chi connectivity index (χ4n) is 2.20. The molecule has 0 saturated carbocycles. The molecule has 0 spiro atoms. The van der Waals surface area contributed by atoms with Gasteiger partial charge in [0.25, 0.3) is 0 Å². The quantitative estimate of drug-likeness (QED) is 0.790. The molecule has 1 saturated heterocycles. The van der Waals surface area contributed by atoms with Crippen molar-refractivity contribution in [1.82, 2.24) is 5.32 Å². The lowest BCUT2D eigenvalue weighted by Crippen LogP contribution is -2.09. The first kappa shape index (κ1) is 10.0. The first-order valence-electron chi connectivity index (χ1n) is 5.30. The highest BCUT2D eigenvalue weighted by molar-refractivity contribution is 6.30. The van der Waals surface area contributed by atoms with E-state index in [1.807, 2.05) is 6.07 Å². The van der Waals surface area contributed by atoms with E-state index in [9.17, 15) is 0 Å². The Balaban J connectivity index is 2.31. The molecule has 1 aliphatic rings. The number of aryl methyl sites for hydroxylation is 1. The van der Waals surface area contributed by atoms with Crippen LogP contribution >= 0.6 is 11.6 Å². The fourth-order valence-corrected chi connectivity index (χ4v) is 2.39. The van der Waals surface area contributed by atoms with Crippen LogP contribution in [0.15, 0.2) is 18.2 Å². The molecule has 2 heteroatoms. The topological polar surface area (TPSA) is 12.0 Å². The highest BCUT2D eigenvalue weighted by Gasteiger charge is 2.18. The maximum Gasteiger partial charge on any atom is 0.0408 e. The molecule has 0 bridgehead atoms. The van der Waals surface area contributed by atoms with Gasteiger partial charge in [-0.25, -0.2) is 0 Å². The molecular weight excluding hydrogens is 194 g/mol. The van der Waals surface area contributed by atoms with Gasteiger partial charge < -0.3 is 5.32 Å². The van der Waals surface area contributed by atoms with Gasteiger partial charge in [0.05, 0.1) is 0 Å². The van der Waals surface area contributed by atoms with Gasteiger partial charge in [-0.15, -0.1) is 0 Å². The first-order chi connectivity index (χ1) is 6.81. The van der Waals surface area contributed by atoms with Crippen LogP contribution in [-0.2, 0) is 6.42 Å². The highest BCUT2D eigenvalue weighted by Crippen LogP contribution is 2.27.